The number of benzene rings is 2. The molecule has 1 aromatic heterocycles. The van der Waals surface area contributed by atoms with E-state index >= 15 is 0 Å². The summed E-state index contributed by atoms with van der Waals surface area (Å²) in [6, 6.07) is 14.9. The fourth-order valence-corrected chi connectivity index (χ4v) is 5.44. The van der Waals surface area contributed by atoms with Crippen molar-refractivity contribution in [2.75, 3.05) is 0 Å². The molecule has 3 aromatic rings. The van der Waals surface area contributed by atoms with Crippen LogP contribution in [0.1, 0.15) is 43.5 Å². The predicted octanol–water partition coefficient (Wildman–Crippen LogP) is 5.67. The third kappa shape index (κ3) is 4.36. The maximum absolute atomic E-state index is 13.8. The van der Waals surface area contributed by atoms with Crippen LogP contribution in [0, 0.1) is 12.7 Å². The van der Waals surface area contributed by atoms with Crippen molar-refractivity contribution in [3.8, 4) is 22.4 Å². The fraction of sp³-hybridized carbons (Fsp3) is 0.259. The van der Waals surface area contributed by atoms with Gasteiger partial charge < -0.3 is 15.1 Å². The van der Waals surface area contributed by atoms with Crippen LogP contribution in [0.4, 0.5) is 4.39 Å². The molecule has 3 N–H and O–H groups in total. The minimum absolute atomic E-state index is 0.0889. The van der Waals surface area contributed by atoms with Gasteiger partial charge in [-0.15, -0.1) is 6.58 Å². The third-order valence-electron chi connectivity index (χ3n) is 6.43. The Labute approximate surface area is 204 Å². The number of carbonyl (C=O) groups is 1. The summed E-state index contributed by atoms with van der Waals surface area (Å²) in [6.45, 7) is 10.1. The Morgan fingerprint density at radius 3 is 2.14 bits per heavy atom. The molecular weight excluding hydrogens is 468 g/mol. The van der Waals surface area contributed by atoms with Crippen molar-refractivity contribution in [1.29, 1.82) is 0 Å². The normalized spacial score (nSPS) is 15.8. The average Bonchev–Trinajstić information content (AvgIpc) is 2.80. The molecule has 0 fully saturated rings. The van der Waals surface area contributed by atoms with E-state index in [-0.39, 0.29) is 11.5 Å². The van der Waals surface area contributed by atoms with Crippen LogP contribution >= 0.6 is 8.03 Å². The highest BCUT2D eigenvalue weighted by Crippen LogP contribution is 2.54. The first-order valence-corrected chi connectivity index (χ1v) is 12.4. The molecule has 0 spiro atoms. The highest BCUT2D eigenvalue weighted by Gasteiger charge is 2.58. The molecule has 8 heteroatoms. The molecular formula is C27H29FNO5P. The van der Waals surface area contributed by atoms with Gasteiger partial charge >= 0.3 is 5.97 Å². The second kappa shape index (κ2) is 9.86. The zero-order valence-electron chi connectivity index (χ0n) is 20.0. The number of aromatic nitrogens is 1. The lowest BCUT2D eigenvalue weighted by Crippen LogP contribution is -2.52. The number of pyridine rings is 1. The maximum atomic E-state index is 13.8. The van der Waals surface area contributed by atoms with Crippen molar-refractivity contribution in [3.05, 3.63) is 89.9 Å². The molecule has 0 radical (unpaired) electrons. The predicted molar refractivity (Wildman–Crippen MR) is 135 cm³/mol. The average molecular weight is 498 g/mol. The van der Waals surface area contributed by atoms with Crippen molar-refractivity contribution in [3.63, 3.8) is 0 Å². The molecule has 0 saturated carbocycles. The molecule has 2 aromatic carbocycles. The van der Waals surface area contributed by atoms with E-state index in [1.165, 1.54) is 31.2 Å². The van der Waals surface area contributed by atoms with Gasteiger partial charge in [-0.05, 0) is 48.6 Å². The van der Waals surface area contributed by atoms with Gasteiger partial charge in [0.1, 0.15) is 11.4 Å². The van der Waals surface area contributed by atoms with E-state index in [1.54, 1.807) is 6.92 Å². The lowest BCUT2D eigenvalue weighted by molar-refractivity contribution is -0.145. The van der Waals surface area contributed by atoms with Crippen LogP contribution in [0.5, 0.6) is 0 Å². The molecule has 0 saturated heterocycles. The summed E-state index contributed by atoms with van der Waals surface area (Å²) in [7, 11) is -3.91. The van der Waals surface area contributed by atoms with E-state index in [4.69, 9.17) is 4.98 Å². The van der Waals surface area contributed by atoms with Crippen LogP contribution < -0.4 is 0 Å². The molecule has 35 heavy (non-hydrogen) atoms. The first-order chi connectivity index (χ1) is 16.4. The van der Waals surface area contributed by atoms with Crippen molar-refractivity contribution < 1.29 is 28.9 Å². The summed E-state index contributed by atoms with van der Waals surface area (Å²) >= 11 is 0. The van der Waals surface area contributed by atoms with E-state index in [9.17, 15) is 28.9 Å². The van der Waals surface area contributed by atoms with Crippen molar-refractivity contribution >= 4 is 14.0 Å². The van der Waals surface area contributed by atoms with Gasteiger partial charge in [0.25, 0.3) is 0 Å². The number of aliphatic carboxylic acids is 1. The highest BCUT2D eigenvalue weighted by molar-refractivity contribution is 7.42. The quantitative estimate of drug-likeness (QED) is 0.273. The molecule has 0 aliphatic rings. The van der Waals surface area contributed by atoms with E-state index < -0.39 is 30.6 Å². The zero-order valence-corrected chi connectivity index (χ0v) is 21.0. The first-order valence-electron chi connectivity index (χ1n) is 11.1. The van der Waals surface area contributed by atoms with Crippen LogP contribution in [-0.4, -0.2) is 31.2 Å². The minimum Gasteiger partial charge on any atom is -0.480 e. The Morgan fingerprint density at radius 2 is 1.69 bits per heavy atom. The Morgan fingerprint density at radius 1 is 1.11 bits per heavy atom. The first kappa shape index (κ1) is 26.5. The van der Waals surface area contributed by atoms with Gasteiger partial charge in [-0.25, -0.2) is 4.39 Å². The molecule has 0 bridgehead atoms. The van der Waals surface area contributed by atoms with Crippen molar-refractivity contribution in [1.82, 2.24) is 4.98 Å². The number of halogens is 1. The third-order valence-corrected chi connectivity index (χ3v) is 8.01. The van der Waals surface area contributed by atoms with Gasteiger partial charge in [-0.3, -0.25) is 14.3 Å². The molecule has 0 aliphatic heterocycles. The molecule has 0 amide bonds. The van der Waals surface area contributed by atoms with Crippen LogP contribution in [0.2, 0.25) is 0 Å². The van der Waals surface area contributed by atoms with Crippen LogP contribution in [0.25, 0.3) is 22.4 Å². The van der Waals surface area contributed by atoms with Gasteiger partial charge in [0.15, 0.2) is 5.16 Å². The summed E-state index contributed by atoms with van der Waals surface area (Å²) in [5.74, 6) is -2.46. The van der Waals surface area contributed by atoms with E-state index in [0.717, 1.165) is 11.6 Å². The number of hydrogen-bond donors (Lipinski definition) is 3. The van der Waals surface area contributed by atoms with Gasteiger partial charge in [-0.1, -0.05) is 62.4 Å². The zero-order chi connectivity index (χ0) is 26.1. The van der Waals surface area contributed by atoms with Gasteiger partial charge in [0.2, 0.25) is 8.03 Å². The molecule has 6 nitrogen and oxygen atoms in total. The van der Waals surface area contributed by atoms with E-state index in [2.05, 4.69) is 6.58 Å². The molecule has 3 atom stereocenters. The summed E-state index contributed by atoms with van der Waals surface area (Å²) in [5.41, 5.74) is 0.963. The number of hydrogen-bond acceptors (Lipinski definition) is 4. The maximum Gasteiger partial charge on any atom is 0.326 e. The lowest BCUT2D eigenvalue weighted by atomic mass is 9.74. The number of rotatable bonds is 8. The topological polar surface area (TPSA) is 108 Å². The van der Waals surface area contributed by atoms with E-state index in [1.807, 2.05) is 44.2 Å². The Hall–Kier alpha value is -3.12. The summed E-state index contributed by atoms with van der Waals surface area (Å²) < 4.78 is 26.4. The smallest absolute Gasteiger partial charge is 0.326 e. The fourth-order valence-electron chi connectivity index (χ4n) is 4.54. The largest absolute Gasteiger partial charge is 0.480 e. The summed E-state index contributed by atoms with van der Waals surface area (Å²) in [5, 5.41) is 19.4. The Bertz CT molecular complexity index is 1270. The Kier molecular flexibility index (Phi) is 7.46. The van der Waals surface area contributed by atoms with Crippen LogP contribution in [0.15, 0.2) is 67.3 Å². The second-order valence-electron chi connectivity index (χ2n) is 8.94. The molecule has 184 valence electrons. The molecule has 1 heterocycles. The van der Waals surface area contributed by atoms with Gasteiger partial charge in [0.05, 0.1) is 11.4 Å². The lowest BCUT2D eigenvalue weighted by Gasteiger charge is -2.41. The number of carboxylic acid groups (broad SMARTS) is 1. The van der Waals surface area contributed by atoms with Gasteiger partial charge in [-0.2, -0.15) is 0 Å². The van der Waals surface area contributed by atoms with Crippen molar-refractivity contribution in [2.24, 2.45) is 0 Å². The van der Waals surface area contributed by atoms with Crippen LogP contribution in [0.3, 0.4) is 0 Å². The Balaban J connectivity index is 2.58. The standard InChI is InChI=1S/C27H29FNO5P/c1-6-27(25(30)31,35(33)34)26(5,32)22-21(18-12-14-20(28)15-13-18)17(4)24(29-23(22)16(2)3)19-10-8-7-9-11-19/h6-16,32,35H,1H2,2-5H3,(H,30,31)(H,33,34). The molecule has 3 rings (SSSR count). The summed E-state index contributed by atoms with van der Waals surface area (Å²) in [6.07, 6.45) is 0.815. The SMILES string of the molecule is C=CC(C(=O)O)([PH](=O)O)C(C)(O)c1c(C(C)C)nc(-c2ccccc2)c(C)c1-c1ccc(F)cc1. The monoisotopic (exact) mass is 497 g/mol. The van der Waals surface area contributed by atoms with Gasteiger partial charge in [0, 0.05) is 11.1 Å². The highest BCUT2D eigenvalue weighted by atomic mass is 31.1. The minimum atomic E-state index is -3.91. The molecule has 0 aliphatic carbocycles. The number of carboxylic acids is 1. The van der Waals surface area contributed by atoms with Crippen LogP contribution in [-0.2, 0) is 15.0 Å². The molecule has 3 unspecified atom stereocenters. The number of aliphatic hydroxyl groups is 1. The van der Waals surface area contributed by atoms with E-state index in [0.29, 0.717) is 28.1 Å². The van der Waals surface area contributed by atoms with Crippen molar-refractivity contribution in [2.45, 2.75) is 44.4 Å². The number of nitrogens with zero attached hydrogens (tertiary/aromatic N) is 1. The summed E-state index contributed by atoms with van der Waals surface area (Å²) in [4.78, 5) is 27.5. The second-order valence-corrected chi connectivity index (χ2v) is 10.3.